The Hall–Kier alpha value is -0.530. The minimum atomic E-state index is -3.99. The van der Waals surface area contributed by atoms with E-state index in [9.17, 15) is 17.2 Å². The second kappa shape index (κ2) is 6.08. The van der Waals surface area contributed by atoms with Gasteiger partial charge in [0.1, 0.15) is 16.5 Å². The molecule has 0 amide bonds. The van der Waals surface area contributed by atoms with E-state index in [-0.39, 0.29) is 11.4 Å². The van der Waals surface area contributed by atoms with Gasteiger partial charge in [-0.05, 0) is 24.6 Å². The smallest absolute Gasteiger partial charge is 0.207 e. The first-order valence-corrected chi connectivity index (χ1v) is 7.66. The van der Waals surface area contributed by atoms with E-state index in [0.717, 1.165) is 16.4 Å². The molecule has 0 saturated heterocycles. The Balaban J connectivity index is 3.02. The lowest BCUT2D eigenvalue weighted by atomic mass is 10.3. The van der Waals surface area contributed by atoms with E-state index in [1.165, 1.54) is 7.05 Å². The average Bonchev–Trinajstić information content (AvgIpc) is 2.28. The van der Waals surface area contributed by atoms with Gasteiger partial charge >= 0.3 is 0 Å². The van der Waals surface area contributed by atoms with Crippen molar-refractivity contribution in [2.45, 2.75) is 23.1 Å². The van der Waals surface area contributed by atoms with Crippen LogP contribution >= 0.6 is 15.9 Å². The molecule has 0 aromatic heterocycles. The summed E-state index contributed by atoms with van der Waals surface area (Å²) in [5.74, 6) is -1.73. The van der Waals surface area contributed by atoms with Gasteiger partial charge in [-0.2, -0.15) is 0 Å². The maximum absolute atomic E-state index is 13.4. The van der Waals surface area contributed by atoms with Crippen LogP contribution in [0.15, 0.2) is 23.1 Å². The van der Waals surface area contributed by atoms with Gasteiger partial charge in [0.05, 0.1) is 0 Å². The molecule has 0 bridgehead atoms. The molecule has 1 atom stereocenters. The summed E-state index contributed by atoms with van der Waals surface area (Å²) in [7, 11) is -2.65. The summed E-state index contributed by atoms with van der Waals surface area (Å²) in [5, 5.41) is 0. The number of rotatable bonds is 5. The first-order valence-electron chi connectivity index (χ1n) is 5.30. The molecule has 1 rings (SSSR count). The van der Waals surface area contributed by atoms with Crippen LogP contribution < -0.4 is 0 Å². The third kappa shape index (κ3) is 3.73. The standard InChI is InChI=1S/C11H14BrF2NO2S/c1-8(12)5-6-15(2)18(16,17)11-7-9(13)3-4-10(11)14/h3-4,7-8H,5-6H2,1-2H3. The fourth-order valence-electron chi connectivity index (χ4n) is 1.32. The van der Waals surface area contributed by atoms with Crippen molar-refractivity contribution < 1.29 is 17.2 Å². The molecule has 1 aromatic carbocycles. The summed E-state index contributed by atoms with van der Waals surface area (Å²) in [6.07, 6.45) is 0.576. The Morgan fingerprint density at radius 1 is 1.39 bits per heavy atom. The van der Waals surface area contributed by atoms with E-state index in [1.54, 1.807) is 0 Å². The summed E-state index contributed by atoms with van der Waals surface area (Å²) >= 11 is 3.30. The summed E-state index contributed by atoms with van der Waals surface area (Å²) in [6.45, 7) is 2.11. The topological polar surface area (TPSA) is 37.4 Å². The Labute approximate surface area is 114 Å². The normalized spacial score (nSPS) is 13.9. The van der Waals surface area contributed by atoms with Crippen LogP contribution in [0.25, 0.3) is 0 Å². The molecule has 18 heavy (non-hydrogen) atoms. The lowest BCUT2D eigenvalue weighted by Crippen LogP contribution is -2.29. The minimum Gasteiger partial charge on any atom is -0.207 e. The van der Waals surface area contributed by atoms with Crippen molar-refractivity contribution >= 4 is 26.0 Å². The molecule has 102 valence electrons. The maximum Gasteiger partial charge on any atom is 0.245 e. The second-order valence-electron chi connectivity index (χ2n) is 3.97. The highest BCUT2D eigenvalue weighted by molar-refractivity contribution is 9.09. The van der Waals surface area contributed by atoms with Crippen LogP contribution in [-0.4, -0.2) is 31.1 Å². The Morgan fingerprint density at radius 3 is 2.56 bits per heavy atom. The number of hydrogen-bond acceptors (Lipinski definition) is 2. The van der Waals surface area contributed by atoms with E-state index in [1.807, 2.05) is 6.92 Å². The first-order chi connectivity index (χ1) is 8.25. The maximum atomic E-state index is 13.4. The Morgan fingerprint density at radius 2 is 2.00 bits per heavy atom. The first kappa shape index (κ1) is 15.5. The van der Waals surface area contributed by atoms with E-state index in [2.05, 4.69) is 15.9 Å². The van der Waals surface area contributed by atoms with Gasteiger partial charge in [0.25, 0.3) is 0 Å². The van der Waals surface area contributed by atoms with E-state index >= 15 is 0 Å². The number of halogens is 3. The quantitative estimate of drug-likeness (QED) is 0.772. The highest BCUT2D eigenvalue weighted by Crippen LogP contribution is 2.20. The van der Waals surface area contributed by atoms with Gasteiger partial charge in [0.15, 0.2) is 0 Å². The third-order valence-corrected chi connectivity index (χ3v) is 4.75. The number of hydrogen-bond donors (Lipinski definition) is 0. The van der Waals surface area contributed by atoms with E-state index < -0.39 is 26.6 Å². The van der Waals surface area contributed by atoms with Crippen molar-refractivity contribution in [2.75, 3.05) is 13.6 Å². The van der Waals surface area contributed by atoms with Crippen molar-refractivity contribution in [1.29, 1.82) is 0 Å². The summed E-state index contributed by atoms with van der Waals surface area (Å²) in [4.78, 5) is -0.486. The van der Waals surface area contributed by atoms with Gasteiger partial charge in [-0.15, -0.1) is 0 Å². The molecule has 1 unspecified atom stereocenters. The lowest BCUT2D eigenvalue weighted by molar-refractivity contribution is 0.454. The number of nitrogens with zero attached hydrogens (tertiary/aromatic N) is 1. The highest BCUT2D eigenvalue weighted by Gasteiger charge is 2.25. The molecule has 0 aliphatic rings. The van der Waals surface area contributed by atoms with Crippen molar-refractivity contribution in [3.63, 3.8) is 0 Å². The van der Waals surface area contributed by atoms with Crippen molar-refractivity contribution in [2.24, 2.45) is 0 Å². The molecule has 0 radical (unpaired) electrons. The van der Waals surface area contributed by atoms with Crippen LogP contribution in [0.4, 0.5) is 8.78 Å². The average molecular weight is 342 g/mol. The van der Waals surface area contributed by atoms with Gasteiger partial charge in [0.2, 0.25) is 10.0 Å². The Kier molecular flexibility index (Phi) is 5.24. The molecule has 0 heterocycles. The zero-order valence-corrected chi connectivity index (χ0v) is 12.4. The molecule has 3 nitrogen and oxygen atoms in total. The van der Waals surface area contributed by atoms with Gasteiger partial charge in [-0.3, -0.25) is 0 Å². The molecule has 0 N–H and O–H groups in total. The molecule has 1 aromatic rings. The van der Waals surface area contributed by atoms with Crippen molar-refractivity contribution in [3.05, 3.63) is 29.8 Å². The molecule has 0 aliphatic carbocycles. The van der Waals surface area contributed by atoms with E-state index in [4.69, 9.17) is 0 Å². The Bertz CT molecular complexity index is 520. The summed E-state index contributed by atoms with van der Waals surface area (Å²) in [6, 6.07) is 2.39. The van der Waals surface area contributed by atoms with Crippen LogP contribution in [0.5, 0.6) is 0 Å². The zero-order chi connectivity index (χ0) is 13.9. The third-order valence-electron chi connectivity index (χ3n) is 2.42. The van der Waals surface area contributed by atoms with Gasteiger partial charge in [0, 0.05) is 18.4 Å². The van der Waals surface area contributed by atoms with Crippen LogP contribution in [0.3, 0.4) is 0 Å². The molecule has 0 saturated carbocycles. The fraction of sp³-hybridized carbons (Fsp3) is 0.455. The zero-order valence-electron chi connectivity index (χ0n) is 10.0. The highest BCUT2D eigenvalue weighted by atomic mass is 79.9. The van der Waals surface area contributed by atoms with Crippen LogP contribution in [0.2, 0.25) is 0 Å². The summed E-state index contributed by atoms with van der Waals surface area (Å²) in [5.41, 5.74) is 0. The van der Waals surface area contributed by atoms with Crippen LogP contribution in [0, 0.1) is 11.6 Å². The van der Waals surface area contributed by atoms with Gasteiger partial charge in [-0.25, -0.2) is 21.5 Å². The monoisotopic (exact) mass is 341 g/mol. The predicted octanol–water partition coefficient (Wildman–Crippen LogP) is 2.76. The number of benzene rings is 1. The number of alkyl halides is 1. The van der Waals surface area contributed by atoms with Gasteiger partial charge < -0.3 is 0 Å². The second-order valence-corrected chi connectivity index (χ2v) is 7.55. The molecule has 0 aliphatic heterocycles. The molecule has 7 heteroatoms. The molecule has 0 fully saturated rings. The molecule has 0 spiro atoms. The lowest BCUT2D eigenvalue weighted by Gasteiger charge is -2.18. The largest absolute Gasteiger partial charge is 0.245 e. The van der Waals surface area contributed by atoms with Crippen LogP contribution in [-0.2, 0) is 10.0 Å². The van der Waals surface area contributed by atoms with Crippen molar-refractivity contribution in [1.82, 2.24) is 4.31 Å². The molecular weight excluding hydrogens is 328 g/mol. The minimum absolute atomic E-state index is 0.146. The number of sulfonamides is 1. The molecular formula is C11H14BrF2NO2S. The van der Waals surface area contributed by atoms with Crippen LogP contribution in [0.1, 0.15) is 13.3 Å². The van der Waals surface area contributed by atoms with E-state index in [0.29, 0.717) is 12.5 Å². The van der Waals surface area contributed by atoms with Gasteiger partial charge in [-0.1, -0.05) is 22.9 Å². The SMILES string of the molecule is CC(Br)CCN(C)S(=O)(=O)c1cc(F)ccc1F. The fourth-order valence-corrected chi connectivity index (χ4v) is 2.78. The summed E-state index contributed by atoms with van der Waals surface area (Å²) < 4.78 is 51.5. The predicted molar refractivity (Wildman–Crippen MR) is 69.2 cm³/mol. The van der Waals surface area contributed by atoms with Crippen molar-refractivity contribution in [3.8, 4) is 0 Å².